The zero-order valence-corrected chi connectivity index (χ0v) is 15.2. The van der Waals surface area contributed by atoms with Crippen LogP contribution in [0, 0.1) is 5.92 Å². The predicted octanol–water partition coefficient (Wildman–Crippen LogP) is 1.41. The molecule has 1 amide bonds. The summed E-state index contributed by atoms with van der Waals surface area (Å²) in [6.45, 7) is 2.09. The summed E-state index contributed by atoms with van der Waals surface area (Å²) in [6, 6.07) is 3.54. The number of aromatic nitrogens is 4. The van der Waals surface area contributed by atoms with Crippen molar-refractivity contribution in [1.29, 1.82) is 0 Å². The topological polar surface area (TPSA) is 73.0 Å². The fraction of sp³-hybridized carbons (Fsp3) is 0.579. The SMILES string of the molecule is Cn1nccc1C(=O)N1CCC(Cn2nc3c(cc2=O)CCCC3)CC1. The van der Waals surface area contributed by atoms with Crippen molar-refractivity contribution in [3.05, 3.63) is 45.6 Å². The number of carbonyl (C=O) groups excluding carboxylic acids is 1. The van der Waals surface area contributed by atoms with Gasteiger partial charge in [-0.25, -0.2) is 4.68 Å². The Kier molecular flexibility index (Phi) is 4.61. The van der Waals surface area contributed by atoms with E-state index in [4.69, 9.17) is 0 Å². The second kappa shape index (κ2) is 7.05. The smallest absolute Gasteiger partial charge is 0.272 e. The molecule has 0 aromatic carbocycles. The van der Waals surface area contributed by atoms with Crippen LogP contribution in [0.1, 0.15) is 47.4 Å². The summed E-state index contributed by atoms with van der Waals surface area (Å²) < 4.78 is 3.26. The standard InChI is InChI=1S/C19H25N5O2/c1-22-17(6-9-20-22)19(26)23-10-7-14(8-11-23)13-24-18(25)12-15-4-2-3-5-16(15)21-24/h6,9,12,14H,2-5,7-8,10-11,13H2,1H3. The molecule has 138 valence electrons. The second-order valence-corrected chi connectivity index (χ2v) is 7.42. The number of amides is 1. The molecule has 0 radical (unpaired) electrons. The fourth-order valence-corrected chi connectivity index (χ4v) is 4.04. The zero-order chi connectivity index (χ0) is 18.1. The second-order valence-electron chi connectivity index (χ2n) is 7.42. The van der Waals surface area contributed by atoms with Gasteiger partial charge in [0.1, 0.15) is 5.69 Å². The van der Waals surface area contributed by atoms with Crippen molar-refractivity contribution in [3.63, 3.8) is 0 Å². The van der Waals surface area contributed by atoms with Crippen LogP contribution < -0.4 is 5.56 Å². The number of rotatable bonds is 3. The number of fused-ring (bicyclic) bond motifs is 1. The molecule has 1 saturated heterocycles. The number of hydrogen-bond acceptors (Lipinski definition) is 4. The molecule has 7 nitrogen and oxygen atoms in total. The molecular weight excluding hydrogens is 330 g/mol. The van der Waals surface area contributed by atoms with Gasteiger partial charge in [0, 0.05) is 38.9 Å². The number of nitrogens with zero attached hydrogens (tertiary/aromatic N) is 5. The molecule has 3 heterocycles. The molecule has 1 fully saturated rings. The molecule has 26 heavy (non-hydrogen) atoms. The molecule has 0 N–H and O–H groups in total. The number of carbonyl (C=O) groups is 1. The van der Waals surface area contributed by atoms with Crippen molar-refractivity contribution >= 4 is 5.91 Å². The largest absolute Gasteiger partial charge is 0.337 e. The predicted molar refractivity (Wildman–Crippen MR) is 97.0 cm³/mol. The maximum Gasteiger partial charge on any atom is 0.272 e. The van der Waals surface area contributed by atoms with Gasteiger partial charge in [-0.1, -0.05) is 0 Å². The van der Waals surface area contributed by atoms with Crippen LogP contribution in [0.3, 0.4) is 0 Å². The van der Waals surface area contributed by atoms with E-state index < -0.39 is 0 Å². The Bertz CT molecular complexity index is 861. The maximum absolute atomic E-state index is 12.6. The van der Waals surface area contributed by atoms with Crippen LogP contribution in [-0.2, 0) is 26.4 Å². The van der Waals surface area contributed by atoms with Gasteiger partial charge in [-0.05, 0) is 56.1 Å². The van der Waals surface area contributed by atoms with Crippen molar-refractivity contribution in [2.45, 2.75) is 45.1 Å². The molecule has 0 atom stereocenters. The van der Waals surface area contributed by atoms with E-state index in [-0.39, 0.29) is 11.5 Å². The highest BCUT2D eigenvalue weighted by Gasteiger charge is 2.26. The van der Waals surface area contributed by atoms with Gasteiger partial charge in [-0.15, -0.1) is 0 Å². The molecule has 0 spiro atoms. The van der Waals surface area contributed by atoms with E-state index in [1.807, 2.05) is 4.90 Å². The molecule has 2 aromatic rings. The lowest BCUT2D eigenvalue weighted by atomic mass is 9.95. The van der Waals surface area contributed by atoms with E-state index in [1.165, 1.54) is 0 Å². The Balaban J connectivity index is 1.39. The third-order valence-corrected chi connectivity index (χ3v) is 5.65. The minimum Gasteiger partial charge on any atom is -0.337 e. The normalized spacial score (nSPS) is 18.0. The van der Waals surface area contributed by atoms with Crippen molar-refractivity contribution in [2.75, 3.05) is 13.1 Å². The fourth-order valence-electron chi connectivity index (χ4n) is 4.04. The summed E-state index contributed by atoms with van der Waals surface area (Å²) in [5.74, 6) is 0.421. The Morgan fingerprint density at radius 1 is 1.23 bits per heavy atom. The van der Waals surface area contributed by atoms with Crippen LogP contribution in [-0.4, -0.2) is 43.5 Å². The average Bonchev–Trinajstić information content (AvgIpc) is 3.08. The van der Waals surface area contributed by atoms with Gasteiger partial charge in [-0.2, -0.15) is 10.2 Å². The van der Waals surface area contributed by atoms with Crippen molar-refractivity contribution in [1.82, 2.24) is 24.5 Å². The summed E-state index contributed by atoms with van der Waals surface area (Å²) in [4.78, 5) is 26.8. The third-order valence-electron chi connectivity index (χ3n) is 5.65. The van der Waals surface area contributed by atoms with Crippen molar-refractivity contribution < 1.29 is 4.79 Å². The molecule has 2 aliphatic rings. The molecule has 2 aromatic heterocycles. The van der Waals surface area contributed by atoms with E-state index in [9.17, 15) is 9.59 Å². The van der Waals surface area contributed by atoms with Crippen LogP contribution in [0.4, 0.5) is 0 Å². The molecule has 0 saturated carbocycles. The van der Waals surface area contributed by atoms with Crippen molar-refractivity contribution in [2.24, 2.45) is 13.0 Å². The Labute approximate surface area is 152 Å². The van der Waals surface area contributed by atoms with Crippen LogP contribution in [0.2, 0.25) is 0 Å². The van der Waals surface area contributed by atoms with E-state index >= 15 is 0 Å². The Morgan fingerprint density at radius 2 is 2.00 bits per heavy atom. The number of piperidine rings is 1. The van der Waals surface area contributed by atoms with Gasteiger partial charge in [-0.3, -0.25) is 14.3 Å². The molecule has 0 bridgehead atoms. The van der Waals surface area contributed by atoms with Gasteiger partial charge in [0.05, 0.1) is 5.69 Å². The maximum atomic E-state index is 12.6. The molecule has 1 aliphatic heterocycles. The van der Waals surface area contributed by atoms with Gasteiger partial charge < -0.3 is 4.90 Å². The summed E-state index contributed by atoms with van der Waals surface area (Å²) in [6.07, 6.45) is 7.71. The Hall–Kier alpha value is -2.44. The van der Waals surface area contributed by atoms with Gasteiger partial charge in [0.2, 0.25) is 0 Å². The monoisotopic (exact) mass is 355 g/mol. The highest BCUT2D eigenvalue weighted by atomic mass is 16.2. The molecule has 7 heteroatoms. The molecular formula is C19H25N5O2. The summed E-state index contributed by atoms with van der Waals surface area (Å²) in [5, 5.41) is 8.70. The summed E-state index contributed by atoms with van der Waals surface area (Å²) in [5.41, 5.74) is 2.86. The van der Waals surface area contributed by atoms with Gasteiger partial charge >= 0.3 is 0 Å². The van der Waals surface area contributed by atoms with Crippen molar-refractivity contribution in [3.8, 4) is 0 Å². The highest BCUT2D eigenvalue weighted by Crippen LogP contribution is 2.21. The van der Waals surface area contributed by atoms with E-state index in [0.29, 0.717) is 31.2 Å². The van der Waals surface area contributed by atoms with Crippen LogP contribution >= 0.6 is 0 Å². The van der Waals surface area contributed by atoms with E-state index in [0.717, 1.165) is 49.8 Å². The van der Waals surface area contributed by atoms with E-state index in [2.05, 4.69) is 10.2 Å². The van der Waals surface area contributed by atoms with Crippen LogP contribution in [0.25, 0.3) is 0 Å². The highest BCUT2D eigenvalue weighted by molar-refractivity contribution is 5.92. The Morgan fingerprint density at radius 3 is 2.73 bits per heavy atom. The summed E-state index contributed by atoms with van der Waals surface area (Å²) in [7, 11) is 1.79. The average molecular weight is 355 g/mol. The lowest BCUT2D eigenvalue weighted by Crippen LogP contribution is -2.41. The lowest BCUT2D eigenvalue weighted by molar-refractivity contribution is 0.0669. The quantitative estimate of drug-likeness (QED) is 0.834. The first kappa shape index (κ1) is 17.0. The minimum absolute atomic E-state index is 0.0130. The van der Waals surface area contributed by atoms with E-state index in [1.54, 1.807) is 34.7 Å². The zero-order valence-electron chi connectivity index (χ0n) is 15.2. The first-order valence-corrected chi connectivity index (χ1v) is 9.49. The van der Waals surface area contributed by atoms with Crippen LogP contribution in [0.15, 0.2) is 23.1 Å². The molecule has 4 rings (SSSR count). The number of likely N-dealkylation sites (tertiary alicyclic amines) is 1. The van der Waals surface area contributed by atoms with Gasteiger partial charge in [0.15, 0.2) is 0 Å². The first-order valence-electron chi connectivity index (χ1n) is 9.49. The third kappa shape index (κ3) is 3.30. The number of aryl methyl sites for hydroxylation is 3. The van der Waals surface area contributed by atoms with Crippen LogP contribution in [0.5, 0.6) is 0 Å². The molecule has 1 aliphatic carbocycles. The molecule has 0 unspecified atom stereocenters. The minimum atomic E-state index is 0.0130. The first-order chi connectivity index (χ1) is 12.6. The lowest BCUT2D eigenvalue weighted by Gasteiger charge is -2.32. The summed E-state index contributed by atoms with van der Waals surface area (Å²) >= 11 is 0. The number of hydrogen-bond donors (Lipinski definition) is 0. The van der Waals surface area contributed by atoms with Gasteiger partial charge in [0.25, 0.3) is 11.5 Å².